The van der Waals surface area contributed by atoms with Crippen LogP contribution < -0.4 is 10.5 Å². The van der Waals surface area contributed by atoms with E-state index in [1.165, 1.54) is 11.1 Å². The van der Waals surface area contributed by atoms with Crippen molar-refractivity contribution in [2.24, 2.45) is 11.8 Å². The second-order valence-electron chi connectivity index (χ2n) is 15.2. The number of hydrogen-bond acceptors (Lipinski definition) is 2. The molecule has 2 unspecified atom stereocenters. The Kier molecular flexibility index (Phi) is 11.1. The van der Waals surface area contributed by atoms with Crippen LogP contribution in [0.3, 0.4) is 0 Å². The number of amides is 2. The van der Waals surface area contributed by atoms with E-state index in [2.05, 4.69) is 149 Å². The number of carbonyl (C=O) groups is 2. The van der Waals surface area contributed by atoms with Crippen molar-refractivity contribution in [2.45, 2.75) is 75.5 Å². The Morgan fingerprint density at radius 2 is 0.981 bits per heavy atom. The van der Waals surface area contributed by atoms with E-state index in [0.29, 0.717) is 0 Å². The maximum absolute atomic E-state index is 13.6. The van der Waals surface area contributed by atoms with Crippen LogP contribution >= 0.6 is 17.0 Å². The summed E-state index contributed by atoms with van der Waals surface area (Å²) in [6, 6.07) is 29.8. The molecule has 0 aromatic heterocycles. The van der Waals surface area contributed by atoms with Gasteiger partial charge in [-0.3, -0.25) is 0 Å². The van der Waals surface area contributed by atoms with E-state index in [4.69, 9.17) is 17.0 Å². The van der Waals surface area contributed by atoms with Gasteiger partial charge in [-0.05, 0) is 0 Å². The van der Waals surface area contributed by atoms with Gasteiger partial charge in [0, 0.05) is 0 Å². The molecule has 4 aromatic rings. The number of hydrogen-bond donors (Lipinski definition) is 2. The number of nitrogens with one attached hydrogen (secondary N) is 2. The van der Waals surface area contributed by atoms with E-state index in [-0.39, 0.29) is 36.5 Å². The quantitative estimate of drug-likeness (QED) is 0.148. The van der Waals surface area contributed by atoms with Crippen molar-refractivity contribution in [3.8, 4) is 22.3 Å². The molecule has 2 aliphatic rings. The number of halogens is 2. The van der Waals surface area contributed by atoms with Gasteiger partial charge >= 0.3 is 321 Å². The fraction of sp³-hybridized carbons (Fsp3) is 0.318. The molecule has 0 fully saturated rings. The Balaban J connectivity index is 1.73. The third-order valence-corrected chi connectivity index (χ3v) is 31.1. The number of fused-ring (bicyclic) bond motifs is 2. The van der Waals surface area contributed by atoms with Crippen molar-refractivity contribution in [1.29, 1.82) is 0 Å². The van der Waals surface area contributed by atoms with Crippen LogP contribution in [0.2, 0.25) is 0 Å². The molecule has 4 nitrogen and oxygen atoms in total. The summed E-state index contributed by atoms with van der Waals surface area (Å²) in [4.78, 5) is 27.2. The summed E-state index contributed by atoms with van der Waals surface area (Å²) in [5.74, 6) is -0.232. The van der Waals surface area contributed by atoms with Crippen molar-refractivity contribution >= 4 is 45.5 Å². The molecule has 269 valence electrons. The van der Waals surface area contributed by atoms with Crippen molar-refractivity contribution in [3.63, 3.8) is 0 Å². The molecule has 0 radical (unpaired) electrons. The molecule has 8 heteroatoms. The van der Waals surface area contributed by atoms with Gasteiger partial charge in [0.05, 0.1) is 0 Å². The van der Waals surface area contributed by atoms with Crippen LogP contribution in [0.1, 0.15) is 95.0 Å². The van der Waals surface area contributed by atoms with Crippen molar-refractivity contribution in [3.05, 3.63) is 129 Å². The van der Waals surface area contributed by atoms with E-state index in [1.807, 2.05) is 13.8 Å². The molecule has 0 saturated heterocycles. The predicted molar refractivity (Wildman–Crippen MR) is 219 cm³/mol. The molecule has 4 aromatic carbocycles. The summed E-state index contributed by atoms with van der Waals surface area (Å²) < 4.78 is -1.78. The van der Waals surface area contributed by atoms with Crippen LogP contribution in [0.4, 0.5) is 0 Å². The van der Waals surface area contributed by atoms with Gasteiger partial charge in [0.1, 0.15) is 0 Å². The number of carbonyl (C=O) groups excluding carboxylic acids is 2. The van der Waals surface area contributed by atoms with E-state index in [9.17, 15) is 9.59 Å². The van der Waals surface area contributed by atoms with Crippen LogP contribution in [0.5, 0.6) is 0 Å². The van der Waals surface area contributed by atoms with E-state index in [1.54, 1.807) is 0 Å². The molecule has 2 atom stereocenters. The van der Waals surface area contributed by atoms with Crippen LogP contribution in [0.25, 0.3) is 34.4 Å². The number of allylic oxidation sites excluding steroid dienone is 2. The van der Waals surface area contributed by atoms with Gasteiger partial charge in [-0.2, -0.15) is 0 Å². The number of rotatable bonds is 11. The minimum atomic E-state index is -5.99. The third kappa shape index (κ3) is 6.52. The Bertz CT molecular complexity index is 1980. The average molecular weight is 812 g/mol. The fourth-order valence-electron chi connectivity index (χ4n) is 8.64. The molecular weight excluding hydrogens is 761 g/mol. The normalized spacial score (nSPS) is 17.2. The maximum atomic E-state index is 13.6. The topological polar surface area (TPSA) is 58.2 Å². The molecule has 0 saturated carbocycles. The van der Waals surface area contributed by atoms with Gasteiger partial charge in [0.25, 0.3) is 0 Å². The Morgan fingerprint density at radius 1 is 0.615 bits per heavy atom. The summed E-state index contributed by atoms with van der Waals surface area (Å²) in [7, 11) is 17.7. The average Bonchev–Trinajstić information content (AvgIpc) is 3.73. The second-order valence-corrected chi connectivity index (χ2v) is 36.6. The molecule has 0 heterocycles. The van der Waals surface area contributed by atoms with Gasteiger partial charge in [-0.15, -0.1) is 0 Å². The summed E-state index contributed by atoms with van der Waals surface area (Å²) in [5.41, 5.74) is 13.6. The van der Waals surface area contributed by atoms with Gasteiger partial charge in [0.2, 0.25) is 0 Å². The molecule has 2 N–H and O–H groups in total. The van der Waals surface area contributed by atoms with E-state index in [0.717, 1.165) is 55.7 Å². The Labute approximate surface area is 318 Å². The van der Waals surface area contributed by atoms with Gasteiger partial charge < -0.3 is 0 Å². The van der Waals surface area contributed by atoms with Crippen molar-refractivity contribution in [1.82, 2.24) is 10.5 Å². The monoisotopic (exact) mass is 809 g/mol. The van der Waals surface area contributed by atoms with Gasteiger partial charge in [-0.25, -0.2) is 0 Å². The summed E-state index contributed by atoms with van der Waals surface area (Å²) >= 11 is -5.99. The molecule has 0 bridgehead atoms. The summed E-state index contributed by atoms with van der Waals surface area (Å²) in [5, 5.41) is 6.52. The first-order chi connectivity index (χ1) is 24.7. The van der Waals surface area contributed by atoms with E-state index < -0.39 is 27.9 Å². The first-order valence-electron chi connectivity index (χ1n) is 18.7. The molecule has 2 amide bonds. The zero-order valence-corrected chi connectivity index (χ0v) is 35.6. The van der Waals surface area contributed by atoms with Crippen molar-refractivity contribution < 1.29 is 25.8 Å². The number of benzene rings is 4. The molecule has 6 rings (SSSR count). The van der Waals surface area contributed by atoms with Crippen molar-refractivity contribution in [2.75, 3.05) is 0 Å². The molecule has 52 heavy (non-hydrogen) atoms. The third-order valence-electron chi connectivity index (χ3n) is 11.3. The summed E-state index contributed by atoms with van der Waals surface area (Å²) in [6.07, 6.45) is 5.08. The van der Waals surface area contributed by atoms with E-state index >= 15 is 0 Å². The van der Waals surface area contributed by atoms with Gasteiger partial charge in [0.15, 0.2) is 0 Å². The zero-order valence-electron chi connectivity index (χ0n) is 31.6. The first kappa shape index (κ1) is 38.5. The predicted octanol–water partition coefficient (Wildman–Crippen LogP) is 11.6. The summed E-state index contributed by atoms with van der Waals surface area (Å²) in [6.45, 7) is 16.7. The zero-order chi connectivity index (χ0) is 37.6. The van der Waals surface area contributed by atoms with Crippen LogP contribution in [-0.4, -0.2) is 16.3 Å². The Morgan fingerprint density at radius 3 is 1.33 bits per heavy atom. The van der Waals surface area contributed by atoms with Gasteiger partial charge in [-0.1, -0.05) is 0 Å². The molecule has 0 aliphatic heterocycles. The fourth-order valence-corrected chi connectivity index (χ4v) is 29.6. The minimum absolute atomic E-state index is 0.0857. The van der Waals surface area contributed by atoms with Crippen LogP contribution in [0, 0.1) is 25.7 Å². The molecule has 2 aliphatic carbocycles. The first-order valence-corrected chi connectivity index (χ1v) is 29.3. The van der Waals surface area contributed by atoms with Crippen LogP contribution in [0.15, 0.2) is 96.1 Å². The van der Waals surface area contributed by atoms with Crippen LogP contribution in [-0.2, 0) is 25.8 Å². The molecule has 0 spiro atoms. The second kappa shape index (κ2) is 14.9. The molecular formula is C44H50BCl2N2O2Zr. The SMILES string of the molecule is CCC(=O)N[B](NC(=O)CC)[Zr]([Cl])([Cl])([CH]1C(C(C)C)=Cc2c(-c3ccccc3C)cccc21)[CH]1C(C(C)C)=Cc2c(-c3ccccc3C)cccc21. The standard InChI is InChI=1S/2C19H19.C6H11BN2O2.2ClH.Zr/c2*1-13(2)16-11-15-8-6-10-18(19(15)12-16)17-9-5-4-7-14(17)3;1-3-5(10)8-7-9-6(11)4-2;;;/h2*4-13H,1-3H3;3-4H2,1-2H3,(H-,8,9,10,11);2*1H;/q;;;;;+1/p-1. The number of aryl methyl sites for hydroxylation is 2. The Hall–Kier alpha value is -3.17.